The first-order valence-electron chi connectivity index (χ1n) is 10.2. The van der Waals surface area contributed by atoms with Gasteiger partial charge in [-0.1, -0.05) is 30.3 Å². The van der Waals surface area contributed by atoms with Gasteiger partial charge < -0.3 is 9.47 Å². The molecular formula is C23H30N2O2. The average molecular weight is 367 g/mol. The molecule has 1 atom stereocenters. The van der Waals surface area contributed by atoms with E-state index in [1.165, 1.54) is 17.5 Å². The van der Waals surface area contributed by atoms with Crippen molar-refractivity contribution in [2.24, 2.45) is 5.92 Å². The molecule has 4 rings (SSSR count). The molecule has 2 aliphatic heterocycles. The van der Waals surface area contributed by atoms with E-state index >= 15 is 0 Å². The minimum absolute atomic E-state index is 0.0905. The van der Waals surface area contributed by atoms with Crippen LogP contribution in [0.5, 0.6) is 0 Å². The van der Waals surface area contributed by atoms with Crippen LogP contribution < -0.4 is 0 Å². The molecule has 2 saturated heterocycles. The summed E-state index contributed by atoms with van der Waals surface area (Å²) in [5.41, 5.74) is 2.69. The first kappa shape index (κ1) is 18.6. The summed E-state index contributed by atoms with van der Waals surface area (Å²) < 4.78 is 12.2. The molecule has 1 spiro atoms. The number of hydrogen-bond acceptors (Lipinski definition) is 4. The van der Waals surface area contributed by atoms with Gasteiger partial charge in [0.25, 0.3) is 0 Å². The number of nitrogens with zero attached hydrogens (tertiary/aromatic N) is 2. The largest absolute Gasteiger partial charge is 0.377 e. The molecule has 0 saturated carbocycles. The molecule has 4 nitrogen and oxygen atoms in total. The molecule has 1 aromatic heterocycles. The molecule has 0 radical (unpaired) electrons. The molecule has 0 unspecified atom stereocenters. The number of rotatable bonds is 7. The standard InChI is InChI=1S/C23H30N2O2/c1-2-4-20(5-3-1)18-25-14-10-23(11-15-25)22(9-17-27-23)8-16-26-19-21-6-12-24-13-7-21/h1-7,12-13,22H,8-11,14-19H2/t22-/m1/s1. The smallest absolute Gasteiger partial charge is 0.0736 e. The van der Waals surface area contributed by atoms with Gasteiger partial charge in [0.2, 0.25) is 0 Å². The fourth-order valence-electron chi connectivity index (χ4n) is 4.57. The van der Waals surface area contributed by atoms with E-state index in [9.17, 15) is 0 Å². The Morgan fingerprint density at radius 1 is 1.04 bits per heavy atom. The van der Waals surface area contributed by atoms with Crippen LogP contribution in [-0.2, 0) is 22.6 Å². The number of ether oxygens (including phenoxy) is 2. The van der Waals surface area contributed by atoms with E-state index in [0.717, 1.165) is 52.1 Å². The summed E-state index contributed by atoms with van der Waals surface area (Å²) in [5.74, 6) is 0.633. The molecule has 0 aliphatic carbocycles. The molecule has 0 bridgehead atoms. The summed E-state index contributed by atoms with van der Waals surface area (Å²) in [6.45, 7) is 5.71. The summed E-state index contributed by atoms with van der Waals surface area (Å²) >= 11 is 0. The van der Waals surface area contributed by atoms with E-state index in [1.54, 1.807) is 0 Å². The Bertz CT molecular complexity index is 684. The molecule has 2 fully saturated rings. The molecule has 4 heteroatoms. The van der Waals surface area contributed by atoms with Gasteiger partial charge >= 0.3 is 0 Å². The predicted molar refractivity (Wildman–Crippen MR) is 106 cm³/mol. The van der Waals surface area contributed by atoms with E-state index < -0.39 is 0 Å². The quantitative estimate of drug-likeness (QED) is 0.692. The van der Waals surface area contributed by atoms with Crippen LogP contribution in [0.4, 0.5) is 0 Å². The summed E-state index contributed by atoms with van der Waals surface area (Å²) in [5, 5.41) is 0. The van der Waals surface area contributed by atoms with Gasteiger partial charge in [0, 0.05) is 45.2 Å². The highest BCUT2D eigenvalue weighted by molar-refractivity contribution is 5.14. The molecule has 2 aliphatic rings. The zero-order valence-electron chi connectivity index (χ0n) is 16.1. The Balaban J connectivity index is 1.23. The highest BCUT2D eigenvalue weighted by Crippen LogP contribution is 2.42. The van der Waals surface area contributed by atoms with Crippen molar-refractivity contribution >= 4 is 0 Å². The summed E-state index contributed by atoms with van der Waals surface area (Å²) in [4.78, 5) is 6.62. The van der Waals surface area contributed by atoms with Crippen molar-refractivity contribution < 1.29 is 9.47 Å². The highest BCUT2D eigenvalue weighted by Gasteiger charge is 2.45. The normalized spacial score (nSPS) is 22.3. The van der Waals surface area contributed by atoms with E-state index in [4.69, 9.17) is 9.47 Å². The predicted octanol–water partition coefficient (Wildman–Crippen LogP) is 4.06. The van der Waals surface area contributed by atoms with Gasteiger partial charge in [-0.3, -0.25) is 9.88 Å². The Hall–Kier alpha value is -1.75. The fraction of sp³-hybridized carbons (Fsp3) is 0.522. The number of pyridine rings is 1. The fourth-order valence-corrected chi connectivity index (χ4v) is 4.57. The van der Waals surface area contributed by atoms with Crippen molar-refractivity contribution in [3.05, 3.63) is 66.0 Å². The molecule has 1 aromatic carbocycles. The monoisotopic (exact) mass is 366 g/mol. The van der Waals surface area contributed by atoms with Crippen molar-refractivity contribution in [1.29, 1.82) is 0 Å². The maximum absolute atomic E-state index is 6.32. The van der Waals surface area contributed by atoms with Crippen LogP contribution in [0.25, 0.3) is 0 Å². The van der Waals surface area contributed by atoms with Crippen LogP contribution in [-0.4, -0.2) is 41.8 Å². The Kier molecular flexibility index (Phi) is 6.17. The number of likely N-dealkylation sites (tertiary alicyclic amines) is 1. The van der Waals surface area contributed by atoms with Gasteiger partial charge in [-0.15, -0.1) is 0 Å². The van der Waals surface area contributed by atoms with Crippen LogP contribution in [0.15, 0.2) is 54.9 Å². The zero-order valence-corrected chi connectivity index (χ0v) is 16.1. The molecule has 144 valence electrons. The van der Waals surface area contributed by atoms with Crippen molar-refractivity contribution in [1.82, 2.24) is 9.88 Å². The lowest BCUT2D eigenvalue weighted by Crippen LogP contribution is -2.47. The third kappa shape index (κ3) is 4.75. The van der Waals surface area contributed by atoms with Gasteiger partial charge in [-0.25, -0.2) is 0 Å². The Morgan fingerprint density at radius 3 is 2.59 bits per heavy atom. The minimum atomic E-state index is 0.0905. The number of aromatic nitrogens is 1. The summed E-state index contributed by atoms with van der Waals surface area (Å²) in [6, 6.07) is 14.8. The maximum Gasteiger partial charge on any atom is 0.0736 e. The van der Waals surface area contributed by atoms with E-state index in [-0.39, 0.29) is 5.60 Å². The van der Waals surface area contributed by atoms with Crippen LogP contribution >= 0.6 is 0 Å². The topological polar surface area (TPSA) is 34.6 Å². The van der Waals surface area contributed by atoms with Gasteiger partial charge in [-0.05, 0) is 54.9 Å². The van der Waals surface area contributed by atoms with Crippen LogP contribution in [0.3, 0.4) is 0 Å². The van der Waals surface area contributed by atoms with Crippen molar-refractivity contribution in [3.8, 4) is 0 Å². The Labute approximate surface area is 162 Å². The van der Waals surface area contributed by atoms with Crippen LogP contribution in [0, 0.1) is 5.92 Å². The van der Waals surface area contributed by atoms with Crippen molar-refractivity contribution in [2.45, 2.75) is 44.4 Å². The van der Waals surface area contributed by atoms with Gasteiger partial charge in [-0.2, -0.15) is 0 Å². The number of hydrogen-bond donors (Lipinski definition) is 0. The van der Waals surface area contributed by atoms with E-state index in [2.05, 4.69) is 40.2 Å². The number of piperidine rings is 1. The SMILES string of the molecule is c1ccc(CN2CCC3(CC2)OCC[C@H]3CCOCc2ccncc2)cc1. The van der Waals surface area contributed by atoms with Crippen LogP contribution in [0.1, 0.15) is 36.8 Å². The minimum Gasteiger partial charge on any atom is -0.377 e. The molecule has 27 heavy (non-hydrogen) atoms. The lowest BCUT2D eigenvalue weighted by Gasteiger charge is -2.42. The van der Waals surface area contributed by atoms with Crippen molar-refractivity contribution in [3.63, 3.8) is 0 Å². The summed E-state index contributed by atoms with van der Waals surface area (Å²) in [7, 11) is 0. The lowest BCUT2D eigenvalue weighted by molar-refractivity contribution is -0.0733. The zero-order chi connectivity index (χ0) is 18.4. The van der Waals surface area contributed by atoms with Gasteiger partial charge in [0.15, 0.2) is 0 Å². The highest BCUT2D eigenvalue weighted by atomic mass is 16.5. The van der Waals surface area contributed by atoms with Crippen LogP contribution in [0.2, 0.25) is 0 Å². The molecule has 2 aromatic rings. The molecular weight excluding hydrogens is 336 g/mol. The van der Waals surface area contributed by atoms with Crippen molar-refractivity contribution in [2.75, 3.05) is 26.3 Å². The second kappa shape index (κ2) is 8.96. The number of benzene rings is 1. The molecule has 0 N–H and O–H groups in total. The molecule has 0 amide bonds. The maximum atomic E-state index is 6.32. The average Bonchev–Trinajstić information content (AvgIpc) is 3.11. The lowest BCUT2D eigenvalue weighted by atomic mass is 9.78. The van der Waals surface area contributed by atoms with Gasteiger partial charge in [0.1, 0.15) is 0 Å². The Morgan fingerprint density at radius 2 is 1.81 bits per heavy atom. The first-order valence-corrected chi connectivity index (χ1v) is 10.2. The second-order valence-corrected chi connectivity index (χ2v) is 7.86. The van der Waals surface area contributed by atoms with Gasteiger partial charge in [0.05, 0.1) is 12.2 Å². The summed E-state index contributed by atoms with van der Waals surface area (Å²) in [6.07, 6.45) is 8.22. The van der Waals surface area contributed by atoms with E-state index in [0.29, 0.717) is 12.5 Å². The third-order valence-corrected chi connectivity index (χ3v) is 6.18. The first-order chi connectivity index (χ1) is 13.3. The third-order valence-electron chi connectivity index (χ3n) is 6.18. The molecule has 3 heterocycles. The second-order valence-electron chi connectivity index (χ2n) is 7.86. The van der Waals surface area contributed by atoms with E-state index in [1.807, 2.05) is 24.5 Å².